The van der Waals surface area contributed by atoms with Crippen molar-refractivity contribution in [1.82, 2.24) is 4.90 Å². The molecule has 6 aliphatic rings. The van der Waals surface area contributed by atoms with Crippen molar-refractivity contribution in [3.05, 3.63) is 108 Å². The number of carbonyl (C=O) groups is 1. The molecule has 3 aromatic carbocycles. The lowest BCUT2D eigenvalue weighted by atomic mass is 9.32. The third-order valence-corrected chi connectivity index (χ3v) is 15.3. The first-order valence-corrected chi connectivity index (χ1v) is 20.1. The van der Waals surface area contributed by atoms with E-state index in [4.69, 9.17) is 9.47 Å². The molecule has 3 fully saturated rings. The van der Waals surface area contributed by atoms with E-state index >= 15 is 4.79 Å². The molecule has 55 heavy (non-hydrogen) atoms. The van der Waals surface area contributed by atoms with Crippen LogP contribution in [-0.2, 0) is 6.54 Å². The molecule has 9 rings (SSSR count). The molecule has 1 unspecified atom stereocenters. The topological polar surface area (TPSA) is 120 Å². The fourth-order valence-electron chi connectivity index (χ4n) is 12.3. The second-order valence-corrected chi connectivity index (χ2v) is 17.8. The van der Waals surface area contributed by atoms with Gasteiger partial charge in [-0.1, -0.05) is 92.7 Å². The molecule has 0 heterocycles. The molecule has 6 aliphatic carbocycles. The average molecular weight is 748 g/mol. The monoisotopic (exact) mass is 747 g/mol. The SMILES string of the molecule is COc1ccc(CN(C[C@H](O)CO)C[C@]2(O)CC[C@H]3[C@]45C=C[C@@]6(C=C4C(=O)c4ccc(-c7ccccc7)cc4)CC(O)CC[C@]6(C)[C@H]5CC[C@@]32C)c(OC)c1. The van der Waals surface area contributed by atoms with Gasteiger partial charge in [0, 0.05) is 58.6 Å². The van der Waals surface area contributed by atoms with Crippen LogP contribution in [0.25, 0.3) is 11.1 Å². The van der Waals surface area contributed by atoms with Gasteiger partial charge in [-0.15, -0.1) is 0 Å². The first-order valence-electron chi connectivity index (χ1n) is 20.1. The van der Waals surface area contributed by atoms with Gasteiger partial charge >= 0.3 is 0 Å². The number of benzene rings is 3. The molecule has 0 amide bonds. The second kappa shape index (κ2) is 14.0. The minimum absolute atomic E-state index is 0.0131. The Labute approximate surface area is 325 Å². The van der Waals surface area contributed by atoms with Crippen molar-refractivity contribution < 1.29 is 34.7 Å². The third kappa shape index (κ3) is 5.85. The molecule has 3 aromatic rings. The quantitative estimate of drug-likeness (QED) is 0.116. The predicted molar refractivity (Wildman–Crippen MR) is 213 cm³/mol. The van der Waals surface area contributed by atoms with E-state index in [1.54, 1.807) is 14.2 Å². The van der Waals surface area contributed by atoms with E-state index < -0.39 is 34.1 Å². The Morgan fingerprint density at radius 3 is 2.27 bits per heavy atom. The molecule has 0 radical (unpaired) electrons. The van der Waals surface area contributed by atoms with Crippen LogP contribution in [0.3, 0.4) is 0 Å². The van der Waals surface area contributed by atoms with Gasteiger partial charge in [-0.05, 0) is 79.4 Å². The molecule has 8 heteroatoms. The number of nitrogens with zero attached hydrogens (tertiary/aromatic N) is 1. The van der Waals surface area contributed by atoms with Gasteiger partial charge in [0.1, 0.15) is 11.5 Å². The van der Waals surface area contributed by atoms with Gasteiger partial charge in [-0.2, -0.15) is 0 Å². The van der Waals surface area contributed by atoms with E-state index in [-0.39, 0.29) is 42.7 Å². The van der Waals surface area contributed by atoms with Crippen LogP contribution in [0.15, 0.2) is 96.6 Å². The van der Waals surface area contributed by atoms with Gasteiger partial charge in [0.05, 0.1) is 38.6 Å². The number of Topliss-reactive ketones (excluding diaryl/α,β-unsaturated/α-hetero) is 1. The van der Waals surface area contributed by atoms with E-state index in [9.17, 15) is 20.4 Å². The molecule has 0 aliphatic heterocycles. The van der Waals surface area contributed by atoms with Crippen LogP contribution >= 0.6 is 0 Å². The number of ether oxygens (including phenoxy) is 2. The minimum Gasteiger partial charge on any atom is -0.497 e. The molecule has 3 saturated carbocycles. The summed E-state index contributed by atoms with van der Waals surface area (Å²) in [5, 5.41) is 44.9. The molecule has 8 nitrogen and oxygen atoms in total. The van der Waals surface area contributed by atoms with Gasteiger partial charge in [-0.3, -0.25) is 9.69 Å². The van der Waals surface area contributed by atoms with Crippen molar-refractivity contribution in [1.29, 1.82) is 0 Å². The van der Waals surface area contributed by atoms with E-state index in [2.05, 4.69) is 44.2 Å². The zero-order chi connectivity index (χ0) is 38.8. The summed E-state index contributed by atoms with van der Waals surface area (Å²) in [6.45, 7) is 5.11. The fourth-order valence-corrected chi connectivity index (χ4v) is 12.3. The van der Waals surface area contributed by atoms with Crippen LogP contribution in [0.4, 0.5) is 0 Å². The molecular formula is C47H57NO7. The van der Waals surface area contributed by atoms with Gasteiger partial charge in [0.2, 0.25) is 0 Å². The molecule has 4 N–H and O–H groups in total. The number of aliphatic hydroxyl groups excluding tert-OH is 3. The zero-order valence-corrected chi connectivity index (χ0v) is 32.7. The van der Waals surface area contributed by atoms with Gasteiger partial charge in [0.15, 0.2) is 5.78 Å². The first-order chi connectivity index (χ1) is 26.3. The number of hydrogen-bond donors (Lipinski definition) is 4. The number of aliphatic hydroxyl groups is 4. The number of fused-ring (bicyclic) bond motifs is 1. The summed E-state index contributed by atoms with van der Waals surface area (Å²) in [5.74, 6) is 1.53. The Morgan fingerprint density at radius 1 is 0.873 bits per heavy atom. The predicted octanol–water partition coefficient (Wildman–Crippen LogP) is 7.00. The average Bonchev–Trinajstić information content (AvgIpc) is 3.47. The lowest BCUT2D eigenvalue weighted by Crippen LogP contribution is -2.67. The Kier molecular flexibility index (Phi) is 9.70. The number of rotatable bonds is 12. The number of methoxy groups -OCH3 is 2. The van der Waals surface area contributed by atoms with Crippen LogP contribution in [0, 0.1) is 33.5 Å². The third-order valence-electron chi connectivity index (χ3n) is 15.3. The molecule has 2 bridgehead atoms. The molecule has 0 aromatic heterocycles. The summed E-state index contributed by atoms with van der Waals surface area (Å²) in [7, 11) is 3.23. The maximum atomic E-state index is 15.1. The largest absolute Gasteiger partial charge is 0.497 e. The summed E-state index contributed by atoms with van der Waals surface area (Å²) >= 11 is 0. The summed E-state index contributed by atoms with van der Waals surface area (Å²) in [4.78, 5) is 17.2. The van der Waals surface area contributed by atoms with Crippen LogP contribution in [-0.4, -0.2) is 82.8 Å². The van der Waals surface area contributed by atoms with Crippen LogP contribution in [0.1, 0.15) is 74.7 Å². The minimum atomic E-state index is -1.14. The zero-order valence-electron chi connectivity index (χ0n) is 32.7. The molecule has 9 atom stereocenters. The number of ketones is 1. The van der Waals surface area contributed by atoms with Crippen molar-refractivity contribution in [3.8, 4) is 22.6 Å². The lowest BCUT2D eigenvalue weighted by molar-refractivity contribution is -0.177. The molecule has 0 saturated heterocycles. The number of allylic oxidation sites excluding steroid dienone is 4. The van der Waals surface area contributed by atoms with Crippen LogP contribution in [0.5, 0.6) is 11.5 Å². The normalized spacial score (nSPS) is 35.1. The summed E-state index contributed by atoms with van der Waals surface area (Å²) in [6.07, 6.45) is 10.8. The van der Waals surface area contributed by atoms with Crippen molar-refractivity contribution in [2.24, 2.45) is 33.5 Å². The van der Waals surface area contributed by atoms with E-state index in [1.165, 1.54) is 0 Å². The van der Waals surface area contributed by atoms with Crippen molar-refractivity contribution in [2.45, 2.75) is 83.1 Å². The van der Waals surface area contributed by atoms with Crippen molar-refractivity contribution >= 4 is 5.78 Å². The number of carbonyl (C=O) groups excluding carboxylic acids is 1. The summed E-state index contributed by atoms with van der Waals surface area (Å²) in [6, 6.07) is 23.8. The molecule has 2 spiro atoms. The van der Waals surface area contributed by atoms with Crippen LogP contribution in [0.2, 0.25) is 0 Å². The number of hydrogen-bond acceptors (Lipinski definition) is 8. The highest BCUT2D eigenvalue weighted by Gasteiger charge is 2.74. The van der Waals surface area contributed by atoms with Crippen LogP contribution < -0.4 is 9.47 Å². The highest BCUT2D eigenvalue weighted by atomic mass is 16.5. The van der Waals surface area contributed by atoms with Gasteiger partial charge in [-0.25, -0.2) is 0 Å². The Bertz CT molecular complexity index is 1980. The smallest absolute Gasteiger partial charge is 0.189 e. The maximum absolute atomic E-state index is 15.1. The Hall–Kier alpha value is -3.79. The molecular weight excluding hydrogens is 691 g/mol. The fraction of sp³-hybridized carbons (Fsp3) is 0.511. The summed E-state index contributed by atoms with van der Waals surface area (Å²) < 4.78 is 11.2. The van der Waals surface area contributed by atoms with Crippen molar-refractivity contribution in [3.63, 3.8) is 0 Å². The Morgan fingerprint density at radius 2 is 1.56 bits per heavy atom. The van der Waals surface area contributed by atoms with Crippen molar-refractivity contribution in [2.75, 3.05) is 33.9 Å². The van der Waals surface area contributed by atoms with E-state index in [1.807, 2.05) is 65.6 Å². The van der Waals surface area contributed by atoms with E-state index in [0.717, 1.165) is 54.4 Å². The van der Waals surface area contributed by atoms with E-state index in [0.29, 0.717) is 36.4 Å². The maximum Gasteiger partial charge on any atom is 0.189 e. The first kappa shape index (κ1) is 38.1. The highest BCUT2D eigenvalue weighted by Crippen LogP contribution is 2.78. The highest BCUT2D eigenvalue weighted by molar-refractivity contribution is 6.10. The van der Waals surface area contributed by atoms with Gasteiger partial charge in [0.25, 0.3) is 0 Å². The second-order valence-electron chi connectivity index (χ2n) is 17.8. The van der Waals surface area contributed by atoms with Gasteiger partial charge < -0.3 is 29.9 Å². The lowest BCUT2D eigenvalue weighted by Gasteiger charge is -2.71. The molecule has 292 valence electrons. The summed E-state index contributed by atoms with van der Waals surface area (Å²) in [5.41, 5.74) is 1.71. The Balaban J connectivity index is 1.17. The standard InChI is InChI=1S/C47H57NO7/c1-43-19-16-35(50)25-45(43)22-23-47(38(26-45)42(52)33-12-10-32(11-13-33)31-8-6-5-7-9-31)40(43)17-20-44(2)41(47)18-21-46(44,53)30-48(28-36(51)29-49)27-34-14-15-37(54-3)24-39(34)55-4/h5-15,22-24,26,35-36,40-41,49-51,53H,16-21,25,27-30H2,1-4H3/t35?,36-,40+,41+,43+,44-,45-,46+,47+/m0/s1.